The van der Waals surface area contributed by atoms with Crippen LogP contribution in [0.2, 0.25) is 5.02 Å². The van der Waals surface area contributed by atoms with E-state index < -0.39 is 0 Å². The first-order valence-electron chi connectivity index (χ1n) is 6.54. The van der Waals surface area contributed by atoms with E-state index in [9.17, 15) is 0 Å². The Morgan fingerprint density at radius 3 is 2.90 bits per heavy atom. The number of methoxy groups -OCH3 is 1. The topological polar surface area (TPSA) is 66.0 Å². The monoisotopic (exact) mass is 294 g/mol. The van der Waals surface area contributed by atoms with Crippen LogP contribution in [0.1, 0.15) is 29.9 Å². The minimum absolute atomic E-state index is 0.238. The van der Waals surface area contributed by atoms with Gasteiger partial charge >= 0.3 is 0 Å². The summed E-state index contributed by atoms with van der Waals surface area (Å²) in [6, 6.07) is 3.53. The molecular weight excluding hydrogens is 276 g/mol. The molecular formula is C14H19ClN4O. The molecule has 0 aromatic carbocycles. The molecule has 0 fully saturated rings. The van der Waals surface area contributed by atoms with Crippen LogP contribution in [0, 0.1) is 6.92 Å². The average Bonchev–Trinajstić information content (AvgIpc) is 2.74. The van der Waals surface area contributed by atoms with Crippen LogP contribution in [0.3, 0.4) is 0 Å². The molecule has 0 bridgehead atoms. The summed E-state index contributed by atoms with van der Waals surface area (Å²) in [7, 11) is 1.59. The number of nitrogens with zero attached hydrogens (tertiary/aromatic N) is 3. The highest BCUT2D eigenvalue weighted by Gasteiger charge is 2.19. The lowest BCUT2D eigenvalue weighted by Gasteiger charge is -2.15. The number of nitrogens with two attached hydrogens (primary N) is 1. The van der Waals surface area contributed by atoms with Gasteiger partial charge in [0.2, 0.25) is 5.88 Å². The molecule has 2 rings (SSSR count). The summed E-state index contributed by atoms with van der Waals surface area (Å²) >= 11 is 6.31. The van der Waals surface area contributed by atoms with Crippen LogP contribution in [-0.4, -0.2) is 21.9 Å². The van der Waals surface area contributed by atoms with Gasteiger partial charge in [-0.2, -0.15) is 5.10 Å². The van der Waals surface area contributed by atoms with Crippen molar-refractivity contribution in [2.45, 2.75) is 32.9 Å². The quantitative estimate of drug-likeness (QED) is 0.920. The van der Waals surface area contributed by atoms with E-state index >= 15 is 0 Å². The van der Waals surface area contributed by atoms with Crippen molar-refractivity contribution in [3.8, 4) is 5.88 Å². The van der Waals surface area contributed by atoms with Crippen LogP contribution in [-0.2, 0) is 13.0 Å². The minimum atomic E-state index is -0.238. The predicted molar refractivity (Wildman–Crippen MR) is 79.1 cm³/mol. The molecule has 2 aromatic rings. The Labute approximate surface area is 123 Å². The van der Waals surface area contributed by atoms with Crippen LogP contribution >= 0.6 is 11.6 Å². The van der Waals surface area contributed by atoms with Crippen molar-refractivity contribution in [3.05, 3.63) is 40.3 Å². The molecule has 0 aliphatic heterocycles. The number of rotatable bonds is 5. The second kappa shape index (κ2) is 6.24. The van der Waals surface area contributed by atoms with Crippen molar-refractivity contribution in [2.24, 2.45) is 5.73 Å². The first kappa shape index (κ1) is 14.8. The Bertz CT molecular complexity index is 597. The van der Waals surface area contributed by atoms with Crippen LogP contribution in [0.25, 0.3) is 0 Å². The smallest absolute Gasteiger partial charge is 0.217 e. The van der Waals surface area contributed by atoms with E-state index in [0.717, 1.165) is 23.5 Å². The Kier molecular flexibility index (Phi) is 4.62. The van der Waals surface area contributed by atoms with Gasteiger partial charge in [0.25, 0.3) is 0 Å². The Morgan fingerprint density at radius 2 is 2.25 bits per heavy atom. The lowest BCUT2D eigenvalue weighted by molar-refractivity contribution is 0.388. The summed E-state index contributed by atoms with van der Waals surface area (Å²) < 4.78 is 7.14. The fourth-order valence-electron chi connectivity index (χ4n) is 2.24. The van der Waals surface area contributed by atoms with Crippen molar-refractivity contribution in [1.29, 1.82) is 0 Å². The Hall–Kier alpha value is -1.59. The molecule has 0 spiro atoms. The van der Waals surface area contributed by atoms with Gasteiger partial charge in [0.1, 0.15) is 0 Å². The first-order valence-corrected chi connectivity index (χ1v) is 6.92. The fourth-order valence-corrected chi connectivity index (χ4v) is 2.45. The lowest BCUT2D eigenvalue weighted by atomic mass is 10.0. The molecule has 2 aromatic heterocycles. The Morgan fingerprint density at radius 1 is 1.50 bits per heavy atom. The summed E-state index contributed by atoms with van der Waals surface area (Å²) in [6.45, 7) is 4.69. The lowest BCUT2D eigenvalue weighted by Crippen LogP contribution is -2.17. The maximum absolute atomic E-state index is 6.31. The van der Waals surface area contributed by atoms with Crippen LogP contribution in [0.4, 0.5) is 0 Å². The summed E-state index contributed by atoms with van der Waals surface area (Å²) in [4.78, 5) is 4.17. The molecule has 2 N–H and O–H groups in total. The molecule has 0 aliphatic rings. The van der Waals surface area contributed by atoms with Gasteiger partial charge in [-0.05, 0) is 19.9 Å². The Balaban J connectivity index is 2.30. The van der Waals surface area contributed by atoms with E-state index in [1.165, 1.54) is 0 Å². The van der Waals surface area contributed by atoms with Gasteiger partial charge in [0, 0.05) is 30.8 Å². The second-order valence-electron chi connectivity index (χ2n) is 4.57. The molecule has 2 heterocycles. The van der Waals surface area contributed by atoms with Crippen molar-refractivity contribution < 1.29 is 4.74 Å². The third-order valence-electron chi connectivity index (χ3n) is 3.26. The molecule has 0 aliphatic carbocycles. The van der Waals surface area contributed by atoms with Gasteiger partial charge in [0.05, 0.1) is 23.5 Å². The number of hydrogen-bond donors (Lipinski definition) is 1. The highest BCUT2D eigenvalue weighted by Crippen LogP contribution is 2.28. The molecule has 0 radical (unpaired) electrons. The molecule has 0 saturated carbocycles. The highest BCUT2D eigenvalue weighted by molar-refractivity contribution is 6.31. The number of halogens is 1. The average molecular weight is 295 g/mol. The number of aromatic nitrogens is 3. The van der Waals surface area contributed by atoms with Gasteiger partial charge in [-0.3, -0.25) is 4.68 Å². The van der Waals surface area contributed by atoms with Crippen LogP contribution in [0.15, 0.2) is 18.3 Å². The molecule has 108 valence electrons. The largest absolute Gasteiger partial charge is 0.481 e. The van der Waals surface area contributed by atoms with Crippen molar-refractivity contribution in [3.63, 3.8) is 0 Å². The van der Waals surface area contributed by atoms with E-state index in [0.29, 0.717) is 17.3 Å². The normalized spacial score (nSPS) is 12.4. The predicted octanol–water partition coefficient (Wildman–Crippen LogP) is 2.51. The molecule has 5 nitrogen and oxygen atoms in total. The molecule has 0 saturated heterocycles. The van der Waals surface area contributed by atoms with Gasteiger partial charge in [-0.15, -0.1) is 0 Å². The van der Waals surface area contributed by atoms with Gasteiger partial charge in [0.15, 0.2) is 0 Å². The molecule has 1 atom stereocenters. The number of hydrogen-bond acceptors (Lipinski definition) is 4. The summed E-state index contributed by atoms with van der Waals surface area (Å²) in [5.41, 5.74) is 8.93. The summed E-state index contributed by atoms with van der Waals surface area (Å²) in [5, 5.41) is 5.09. The summed E-state index contributed by atoms with van der Waals surface area (Å²) in [6.07, 6.45) is 2.28. The number of ether oxygens (including phenoxy) is 1. The van der Waals surface area contributed by atoms with E-state index in [2.05, 4.69) is 10.1 Å². The van der Waals surface area contributed by atoms with Crippen molar-refractivity contribution in [1.82, 2.24) is 14.8 Å². The maximum atomic E-state index is 6.31. The van der Waals surface area contributed by atoms with Gasteiger partial charge < -0.3 is 10.5 Å². The SMILES string of the molecule is CCn1nc(C)c(Cl)c1CC(N)c1cccnc1OC. The third-order valence-corrected chi connectivity index (χ3v) is 3.75. The van der Waals surface area contributed by atoms with Crippen LogP contribution < -0.4 is 10.5 Å². The van der Waals surface area contributed by atoms with Gasteiger partial charge in [-0.1, -0.05) is 17.7 Å². The zero-order chi connectivity index (χ0) is 14.7. The van der Waals surface area contributed by atoms with Gasteiger partial charge in [-0.25, -0.2) is 4.98 Å². The van der Waals surface area contributed by atoms with E-state index in [1.807, 2.05) is 30.7 Å². The minimum Gasteiger partial charge on any atom is -0.481 e. The first-order chi connectivity index (χ1) is 9.58. The van der Waals surface area contributed by atoms with Crippen molar-refractivity contribution in [2.75, 3.05) is 7.11 Å². The van der Waals surface area contributed by atoms with E-state index in [4.69, 9.17) is 22.1 Å². The molecule has 20 heavy (non-hydrogen) atoms. The maximum Gasteiger partial charge on any atom is 0.217 e. The number of aryl methyl sites for hydroxylation is 2. The van der Waals surface area contributed by atoms with E-state index in [1.54, 1.807) is 13.3 Å². The third kappa shape index (κ3) is 2.78. The molecule has 0 amide bonds. The number of pyridine rings is 1. The second-order valence-corrected chi connectivity index (χ2v) is 4.95. The molecule has 6 heteroatoms. The fraction of sp³-hybridized carbons (Fsp3) is 0.429. The zero-order valence-electron chi connectivity index (χ0n) is 11.9. The van der Waals surface area contributed by atoms with E-state index in [-0.39, 0.29) is 6.04 Å². The highest BCUT2D eigenvalue weighted by atomic mass is 35.5. The standard InChI is InChI=1S/C14H19ClN4O/c1-4-19-12(13(15)9(2)18-19)8-11(16)10-6-5-7-17-14(10)20-3/h5-7,11H,4,8,16H2,1-3H3. The molecule has 1 unspecified atom stereocenters. The van der Waals surface area contributed by atoms with Crippen molar-refractivity contribution >= 4 is 11.6 Å². The zero-order valence-corrected chi connectivity index (χ0v) is 12.7. The van der Waals surface area contributed by atoms with Crippen LogP contribution in [0.5, 0.6) is 5.88 Å². The summed E-state index contributed by atoms with van der Waals surface area (Å²) in [5.74, 6) is 0.551.